The van der Waals surface area contributed by atoms with Gasteiger partial charge in [0, 0.05) is 19.3 Å². The van der Waals surface area contributed by atoms with Gasteiger partial charge in [-0.3, -0.25) is 4.79 Å². The molecule has 26 heavy (non-hydrogen) atoms. The second-order valence-electron chi connectivity index (χ2n) is 6.10. The molecule has 1 aliphatic heterocycles. The average Bonchev–Trinajstić information content (AvgIpc) is 3.15. The lowest BCUT2D eigenvalue weighted by Gasteiger charge is -2.25. The number of ether oxygens (including phenoxy) is 1. The van der Waals surface area contributed by atoms with E-state index < -0.39 is 15.9 Å². The molecule has 0 unspecified atom stereocenters. The first kappa shape index (κ1) is 18.5. The van der Waals surface area contributed by atoms with E-state index in [1.54, 1.807) is 18.2 Å². The van der Waals surface area contributed by atoms with E-state index in [0.717, 1.165) is 19.3 Å². The van der Waals surface area contributed by atoms with Crippen LogP contribution < -0.4 is 10.1 Å². The van der Waals surface area contributed by atoms with Gasteiger partial charge in [-0.25, -0.2) is 8.42 Å². The van der Waals surface area contributed by atoms with Crippen LogP contribution in [-0.4, -0.2) is 43.3 Å². The fraction of sp³-hybridized carbons (Fsp3) is 0.389. The monoisotopic (exact) mass is 377 g/mol. The lowest BCUT2D eigenvalue weighted by atomic mass is 10.2. The number of rotatable bonds is 6. The minimum Gasteiger partial charge on any atom is -0.492 e. The Kier molecular flexibility index (Phi) is 5.63. The number of nitrogens with zero attached hydrogens (tertiary/aromatic N) is 1. The summed E-state index contributed by atoms with van der Waals surface area (Å²) < 4.78 is 32.3. The maximum absolute atomic E-state index is 12.7. The summed E-state index contributed by atoms with van der Waals surface area (Å²) in [6.45, 7) is 3.39. The highest BCUT2D eigenvalue weighted by Crippen LogP contribution is 2.25. The van der Waals surface area contributed by atoms with Crippen molar-refractivity contribution < 1.29 is 17.9 Å². The van der Waals surface area contributed by atoms with Gasteiger partial charge in [0.25, 0.3) is 5.91 Å². The van der Waals surface area contributed by atoms with Crippen molar-refractivity contribution in [1.82, 2.24) is 9.29 Å². The molecule has 0 atom stereocenters. The molecule has 0 saturated carbocycles. The van der Waals surface area contributed by atoms with Crippen LogP contribution >= 0.6 is 0 Å². The molecule has 1 saturated heterocycles. The number of piperidine rings is 1. The molecule has 0 spiro atoms. The average molecular weight is 377 g/mol. The molecule has 1 aromatic carbocycles. The Balaban J connectivity index is 1.76. The molecule has 140 valence electrons. The number of nitrogens with one attached hydrogen (secondary N) is 2. The minimum absolute atomic E-state index is 0.114. The predicted molar refractivity (Wildman–Crippen MR) is 99.0 cm³/mol. The molecule has 0 radical (unpaired) electrons. The van der Waals surface area contributed by atoms with E-state index >= 15 is 0 Å². The number of hydrogen-bond acceptors (Lipinski definition) is 4. The number of hydrogen-bond donors (Lipinski definition) is 2. The van der Waals surface area contributed by atoms with E-state index in [0.29, 0.717) is 31.1 Å². The van der Waals surface area contributed by atoms with Gasteiger partial charge in [-0.1, -0.05) is 18.6 Å². The smallest absolute Gasteiger partial charge is 0.272 e. The molecular formula is C18H23N3O4S. The number of sulfonamides is 1. The summed E-state index contributed by atoms with van der Waals surface area (Å²) in [4.78, 5) is 15.4. The number of aromatic nitrogens is 1. The lowest BCUT2D eigenvalue weighted by molar-refractivity contribution is 0.102. The van der Waals surface area contributed by atoms with Gasteiger partial charge < -0.3 is 15.0 Å². The third-order valence-electron chi connectivity index (χ3n) is 4.29. The number of carbonyl (C=O) groups excluding carboxylic acids is 1. The molecule has 2 aromatic rings. The zero-order valence-corrected chi connectivity index (χ0v) is 15.5. The first-order chi connectivity index (χ1) is 12.5. The maximum atomic E-state index is 12.7. The second-order valence-corrected chi connectivity index (χ2v) is 8.04. The lowest BCUT2D eigenvalue weighted by Crippen LogP contribution is -2.35. The van der Waals surface area contributed by atoms with Crippen molar-refractivity contribution in [3.8, 4) is 5.75 Å². The number of carbonyl (C=O) groups is 1. The van der Waals surface area contributed by atoms with E-state index in [1.807, 2.05) is 13.0 Å². The zero-order chi connectivity index (χ0) is 18.6. The fourth-order valence-electron chi connectivity index (χ4n) is 2.95. The number of amides is 1. The van der Waals surface area contributed by atoms with Gasteiger partial charge in [0.1, 0.15) is 16.3 Å². The topological polar surface area (TPSA) is 91.5 Å². The summed E-state index contributed by atoms with van der Waals surface area (Å²) >= 11 is 0. The third kappa shape index (κ3) is 3.91. The highest BCUT2D eigenvalue weighted by atomic mass is 32.2. The molecule has 0 aliphatic carbocycles. The van der Waals surface area contributed by atoms with Gasteiger partial charge in [0.2, 0.25) is 10.0 Å². The summed E-state index contributed by atoms with van der Waals surface area (Å²) in [6, 6.07) is 8.48. The summed E-state index contributed by atoms with van der Waals surface area (Å²) in [7, 11) is -3.57. The van der Waals surface area contributed by atoms with Gasteiger partial charge >= 0.3 is 0 Å². The fourth-order valence-corrected chi connectivity index (χ4v) is 4.46. The summed E-state index contributed by atoms with van der Waals surface area (Å²) in [5.74, 6) is 0.147. The number of benzene rings is 1. The van der Waals surface area contributed by atoms with Crippen LogP contribution in [0.15, 0.2) is 41.4 Å². The van der Waals surface area contributed by atoms with Crippen molar-refractivity contribution in [1.29, 1.82) is 0 Å². The van der Waals surface area contributed by atoms with Crippen LogP contribution in [0.5, 0.6) is 5.75 Å². The quantitative estimate of drug-likeness (QED) is 0.810. The number of aromatic amines is 1. The van der Waals surface area contributed by atoms with Gasteiger partial charge in [0.05, 0.1) is 12.3 Å². The van der Waals surface area contributed by atoms with E-state index in [9.17, 15) is 13.2 Å². The Morgan fingerprint density at radius 2 is 1.96 bits per heavy atom. The van der Waals surface area contributed by atoms with Crippen molar-refractivity contribution in [2.45, 2.75) is 31.1 Å². The van der Waals surface area contributed by atoms with E-state index in [4.69, 9.17) is 4.74 Å². The highest BCUT2D eigenvalue weighted by molar-refractivity contribution is 7.89. The van der Waals surface area contributed by atoms with Crippen molar-refractivity contribution in [3.05, 3.63) is 42.2 Å². The number of anilines is 1. The van der Waals surface area contributed by atoms with Gasteiger partial charge in [-0.2, -0.15) is 4.31 Å². The Morgan fingerprint density at radius 3 is 2.69 bits per heavy atom. The number of H-pyrrole nitrogens is 1. The van der Waals surface area contributed by atoms with E-state index in [-0.39, 0.29) is 10.6 Å². The van der Waals surface area contributed by atoms with Crippen LogP contribution in [0.2, 0.25) is 0 Å². The second kappa shape index (κ2) is 7.92. The zero-order valence-electron chi connectivity index (χ0n) is 14.7. The molecule has 8 heteroatoms. The SMILES string of the molecule is CCOc1ccccc1NC(=O)c1cc(S(=O)(=O)N2CCCCC2)c[nH]1. The molecule has 2 N–H and O–H groups in total. The first-order valence-electron chi connectivity index (χ1n) is 8.74. The molecule has 1 aliphatic rings. The summed E-state index contributed by atoms with van der Waals surface area (Å²) in [6.07, 6.45) is 4.15. The first-order valence-corrected chi connectivity index (χ1v) is 10.2. The van der Waals surface area contributed by atoms with Gasteiger partial charge in [-0.05, 0) is 38.0 Å². The standard InChI is InChI=1S/C18H23N3O4S/c1-2-25-17-9-5-4-8-15(17)20-18(22)16-12-14(13-19-16)26(23,24)21-10-6-3-7-11-21/h4-5,8-9,12-13,19H,2-3,6-7,10-11H2,1H3,(H,20,22). The van der Waals surface area contributed by atoms with Crippen molar-refractivity contribution >= 4 is 21.6 Å². The van der Waals surface area contributed by atoms with Crippen LogP contribution in [0.4, 0.5) is 5.69 Å². The van der Waals surface area contributed by atoms with Crippen LogP contribution in [0.1, 0.15) is 36.7 Å². The van der Waals surface area contributed by atoms with Crippen molar-refractivity contribution in [3.63, 3.8) is 0 Å². The van der Waals surface area contributed by atoms with Gasteiger partial charge in [0.15, 0.2) is 0 Å². The van der Waals surface area contributed by atoms with Crippen molar-refractivity contribution in [2.24, 2.45) is 0 Å². The van der Waals surface area contributed by atoms with Crippen LogP contribution in [0, 0.1) is 0 Å². The molecule has 0 bridgehead atoms. The van der Waals surface area contributed by atoms with Crippen LogP contribution in [0.25, 0.3) is 0 Å². The van der Waals surface area contributed by atoms with Gasteiger partial charge in [-0.15, -0.1) is 0 Å². The normalized spacial score (nSPS) is 15.6. The maximum Gasteiger partial charge on any atom is 0.272 e. The number of para-hydroxylation sites is 2. The molecule has 3 rings (SSSR count). The van der Waals surface area contributed by atoms with Crippen molar-refractivity contribution in [2.75, 3.05) is 25.0 Å². The largest absolute Gasteiger partial charge is 0.492 e. The third-order valence-corrected chi connectivity index (χ3v) is 6.17. The predicted octanol–water partition coefficient (Wildman–Crippen LogP) is 2.84. The Hall–Kier alpha value is -2.32. The molecule has 1 aromatic heterocycles. The van der Waals surface area contributed by atoms with Crippen LogP contribution in [0.3, 0.4) is 0 Å². The molecule has 1 fully saturated rings. The Bertz CT molecular complexity index is 870. The Morgan fingerprint density at radius 1 is 1.23 bits per heavy atom. The molecule has 7 nitrogen and oxygen atoms in total. The Labute approximate surface area is 153 Å². The summed E-state index contributed by atoms with van der Waals surface area (Å²) in [5, 5.41) is 2.75. The van der Waals surface area contributed by atoms with E-state index in [2.05, 4.69) is 10.3 Å². The van der Waals surface area contributed by atoms with Crippen LogP contribution in [-0.2, 0) is 10.0 Å². The molecule has 2 heterocycles. The minimum atomic E-state index is -3.57. The molecular weight excluding hydrogens is 354 g/mol. The summed E-state index contributed by atoms with van der Waals surface area (Å²) in [5.41, 5.74) is 0.723. The highest BCUT2D eigenvalue weighted by Gasteiger charge is 2.27. The molecule has 1 amide bonds. The van der Waals surface area contributed by atoms with E-state index in [1.165, 1.54) is 16.6 Å².